The lowest BCUT2D eigenvalue weighted by atomic mass is 10.1. The average Bonchev–Trinajstić information content (AvgIpc) is 2.51. The molecule has 0 fully saturated rings. The van der Waals surface area contributed by atoms with E-state index in [-0.39, 0.29) is 0 Å². The zero-order valence-corrected chi connectivity index (χ0v) is 11.0. The monoisotopic (exact) mass is 288 g/mol. The molecular formula is C11H10BrClS. The first-order valence-corrected chi connectivity index (χ1v) is 6.66. The Morgan fingerprint density at radius 3 is 2.86 bits per heavy atom. The van der Waals surface area contributed by atoms with Crippen LogP contribution in [0.15, 0.2) is 22.0 Å². The van der Waals surface area contributed by atoms with Gasteiger partial charge in [-0.05, 0) is 44.9 Å². The van der Waals surface area contributed by atoms with Gasteiger partial charge in [-0.25, -0.2) is 0 Å². The quantitative estimate of drug-likeness (QED) is 0.685. The fraction of sp³-hybridized carbons (Fsp3) is 0.273. The van der Waals surface area contributed by atoms with Gasteiger partial charge in [-0.2, -0.15) is 0 Å². The number of benzene rings is 1. The first-order valence-electron chi connectivity index (χ1n) is 4.52. The van der Waals surface area contributed by atoms with E-state index < -0.39 is 0 Å². The molecule has 0 bridgehead atoms. The van der Waals surface area contributed by atoms with Gasteiger partial charge in [0.05, 0.1) is 3.79 Å². The lowest BCUT2D eigenvalue weighted by Gasteiger charge is -1.97. The summed E-state index contributed by atoms with van der Waals surface area (Å²) in [7, 11) is 0. The minimum atomic E-state index is 0.575. The molecule has 0 aliphatic heterocycles. The van der Waals surface area contributed by atoms with E-state index in [0.717, 1.165) is 10.2 Å². The van der Waals surface area contributed by atoms with Crippen molar-refractivity contribution in [2.45, 2.75) is 19.2 Å². The van der Waals surface area contributed by atoms with Gasteiger partial charge in [-0.15, -0.1) is 22.9 Å². The molecule has 1 aromatic heterocycles. The third kappa shape index (κ3) is 1.71. The van der Waals surface area contributed by atoms with Crippen LogP contribution in [0.3, 0.4) is 0 Å². The van der Waals surface area contributed by atoms with Crippen LogP contribution in [-0.4, -0.2) is 0 Å². The molecule has 0 aliphatic carbocycles. The summed E-state index contributed by atoms with van der Waals surface area (Å²) in [4.78, 5) is 0. The highest BCUT2D eigenvalue weighted by atomic mass is 79.9. The summed E-state index contributed by atoms with van der Waals surface area (Å²) in [6.45, 7) is 2.17. The van der Waals surface area contributed by atoms with Crippen LogP contribution >= 0.6 is 38.9 Å². The van der Waals surface area contributed by atoms with Crippen LogP contribution in [0.5, 0.6) is 0 Å². The summed E-state index contributed by atoms with van der Waals surface area (Å²) in [6, 6.07) is 6.60. The normalized spacial score (nSPS) is 11.1. The van der Waals surface area contributed by atoms with Crippen LogP contribution in [0, 0.1) is 0 Å². The summed E-state index contributed by atoms with van der Waals surface area (Å²) in [5, 5.41) is 1.29. The molecule has 3 heteroatoms. The van der Waals surface area contributed by atoms with Crippen molar-refractivity contribution in [3.8, 4) is 0 Å². The number of aryl methyl sites for hydroxylation is 1. The van der Waals surface area contributed by atoms with Crippen molar-refractivity contribution in [1.82, 2.24) is 0 Å². The smallest absolute Gasteiger partial charge is 0.0755 e. The van der Waals surface area contributed by atoms with Crippen molar-refractivity contribution in [2.24, 2.45) is 0 Å². The molecule has 0 aliphatic rings. The van der Waals surface area contributed by atoms with Crippen molar-refractivity contribution in [2.75, 3.05) is 0 Å². The highest BCUT2D eigenvalue weighted by molar-refractivity contribution is 9.11. The fourth-order valence-electron chi connectivity index (χ4n) is 1.51. The Morgan fingerprint density at radius 1 is 1.43 bits per heavy atom. The van der Waals surface area contributed by atoms with Crippen molar-refractivity contribution in [1.29, 1.82) is 0 Å². The molecule has 14 heavy (non-hydrogen) atoms. The lowest BCUT2D eigenvalue weighted by molar-refractivity contribution is 1.15. The van der Waals surface area contributed by atoms with Gasteiger partial charge in [0, 0.05) is 10.6 Å². The fourth-order valence-corrected chi connectivity index (χ4v) is 3.91. The Labute approximate surface area is 101 Å². The van der Waals surface area contributed by atoms with Gasteiger partial charge in [-0.3, -0.25) is 0 Å². The molecule has 0 N–H and O–H groups in total. The van der Waals surface area contributed by atoms with E-state index in [4.69, 9.17) is 11.6 Å². The number of thiophene rings is 1. The second-order valence-corrected chi connectivity index (χ2v) is 5.81. The SMILES string of the molecule is CCc1ccc2c(CCl)c(Br)sc2c1. The predicted octanol–water partition coefficient (Wildman–Crippen LogP) is 4.97. The third-order valence-corrected chi connectivity index (χ3v) is 4.56. The van der Waals surface area contributed by atoms with Crippen LogP contribution < -0.4 is 0 Å². The number of rotatable bonds is 2. The molecule has 0 amide bonds. The maximum absolute atomic E-state index is 5.90. The zero-order valence-electron chi connectivity index (χ0n) is 7.81. The summed E-state index contributed by atoms with van der Waals surface area (Å²) in [6.07, 6.45) is 1.08. The Bertz CT molecular complexity index is 462. The van der Waals surface area contributed by atoms with Gasteiger partial charge >= 0.3 is 0 Å². The molecule has 2 aromatic rings. The van der Waals surface area contributed by atoms with Crippen LogP contribution in [-0.2, 0) is 12.3 Å². The minimum absolute atomic E-state index is 0.575. The van der Waals surface area contributed by atoms with Crippen molar-refractivity contribution >= 4 is 49.0 Å². The molecule has 0 saturated carbocycles. The van der Waals surface area contributed by atoms with Gasteiger partial charge in [0.2, 0.25) is 0 Å². The molecule has 0 radical (unpaired) electrons. The van der Waals surface area contributed by atoms with Crippen LogP contribution in [0.25, 0.3) is 10.1 Å². The van der Waals surface area contributed by atoms with E-state index >= 15 is 0 Å². The van der Waals surface area contributed by atoms with Crippen LogP contribution in [0.4, 0.5) is 0 Å². The summed E-state index contributed by atoms with van der Waals surface area (Å²) < 4.78 is 2.49. The molecule has 2 rings (SSSR count). The summed E-state index contributed by atoms with van der Waals surface area (Å²) >= 11 is 11.2. The van der Waals surface area contributed by atoms with E-state index in [1.807, 2.05) is 0 Å². The topological polar surface area (TPSA) is 0 Å². The van der Waals surface area contributed by atoms with E-state index in [1.165, 1.54) is 21.2 Å². The van der Waals surface area contributed by atoms with E-state index in [9.17, 15) is 0 Å². The molecule has 0 unspecified atom stereocenters. The van der Waals surface area contributed by atoms with Gasteiger partial charge in [0.1, 0.15) is 0 Å². The Morgan fingerprint density at radius 2 is 2.21 bits per heavy atom. The highest BCUT2D eigenvalue weighted by Gasteiger charge is 2.08. The molecule has 1 aromatic carbocycles. The number of hydrogen-bond acceptors (Lipinski definition) is 1. The number of alkyl halides is 1. The number of hydrogen-bond donors (Lipinski definition) is 0. The molecule has 1 heterocycles. The van der Waals surface area contributed by atoms with Gasteiger partial charge in [0.25, 0.3) is 0 Å². The molecular weight excluding hydrogens is 280 g/mol. The van der Waals surface area contributed by atoms with Gasteiger partial charge in [0.15, 0.2) is 0 Å². The van der Waals surface area contributed by atoms with Crippen LogP contribution in [0.2, 0.25) is 0 Å². The Balaban J connectivity index is 2.68. The average molecular weight is 290 g/mol. The van der Waals surface area contributed by atoms with Crippen molar-refractivity contribution in [3.05, 3.63) is 33.1 Å². The molecule has 0 saturated heterocycles. The number of fused-ring (bicyclic) bond motifs is 1. The molecule has 0 atom stereocenters. The van der Waals surface area contributed by atoms with Crippen molar-refractivity contribution in [3.63, 3.8) is 0 Å². The standard InChI is InChI=1S/C11H10BrClS/c1-2-7-3-4-8-9(6-13)11(12)14-10(8)5-7/h3-5H,2,6H2,1H3. The number of halogens is 2. The first kappa shape index (κ1) is 10.5. The third-order valence-electron chi connectivity index (χ3n) is 2.35. The van der Waals surface area contributed by atoms with Gasteiger partial charge < -0.3 is 0 Å². The Kier molecular flexibility index (Phi) is 3.15. The molecule has 74 valence electrons. The molecule has 0 spiro atoms. The summed E-state index contributed by atoms with van der Waals surface area (Å²) in [5.41, 5.74) is 2.60. The van der Waals surface area contributed by atoms with Crippen molar-refractivity contribution < 1.29 is 0 Å². The maximum Gasteiger partial charge on any atom is 0.0755 e. The van der Waals surface area contributed by atoms with Crippen LogP contribution in [0.1, 0.15) is 18.1 Å². The zero-order chi connectivity index (χ0) is 10.1. The largest absolute Gasteiger partial charge is 0.128 e. The van der Waals surface area contributed by atoms with E-state index in [0.29, 0.717) is 5.88 Å². The van der Waals surface area contributed by atoms with Gasteiger partial charge in [-0.1, -0.05) is 19.1 Å². The second kappa shape index (κ2) is 4.21. The second-order valence-electron chi connectivity index (χ2n) is 3.17. The minimum Gasteiger partial charge on any atom is -0.128 e. The lowest BCUT2D eigenvalue weighted by Crippen LogP contribution is -1.79. The Hall–Kier alpha value is -0.0500. The van der Waals surface area contributed by atoms with E-state index in [2.05, 4.69) is 41.1 Å². The van der Waals surface area contributed by atoms with E-state index in [1.54, 1.807) is 11.3 Å². The first-order chi connectivity index (χ1) is 6.76. The summed E-state index contributed by atoms with van der Waals surface area (Å²) in [5.74, 6) is 0.575. The maximum atomic E-state index is 5.90. The molecule has 0 nitrogen and oxygen atoms in total. The predicted molar refractivity (Wildman–Crippen MR) is 68.5 cm³/mol. The highest BCUT2D eigenvalue weighted by Crippen LogP contribution is 2.36.